The van der Waals surface area contributed by atoms with Gasteiger partial charge in [0.05, 0.1) is 0 Å². The third-order valence-corrected chi connectivity index (χ3v) is 4.10. The Kier molecular flexibility index (Phi) is 5.60. The van der Waals surface area contributed by atoms with Crippen LogP contribution in [0.4, 0.5) is 0 Å². The second-order valence-electron chi connectivity index (χ2n) is 5.49. The number of carbonyl (C=O) groups excluding carboxylic acids is 1. The maximum absolute atomic E-state index is 12.9. The van der Waals surface area contributed by atoms with Crippen LogP contribution in [-0.2, 0) is 6.42 Å². The first-order chi connectivity index (χ1) is 9.77. The van der Waals surface area contributed by atoms with Crippen LogP contribution in [-0.4, -0.2) is 36.5 Å². The quantitative estimate of drug-likeness (QED) is 0.895. The van der Waals surface area contributed by atoms with Gasteiger partial charge < -0.3 is 10.2 Å². The van der Waals surface area contributed by atoms with Crippen LogP contribution in [0.3, 0.4) is 0 Å². The van der Waals surface area contributed by atoms with Crippen molar-refractivity contribution < 1.29 is 4.79 Å². The molecule has 1 fully saturated rings. The monoisotopic (exact) mass is 274 g/mol. The fraction of sp³-hybridized carbons (Fsp3) is 0.588. The Morgan fingerprint density at radius 2 is 1.95 bits per heavy atom. The number of piperidine rings is 1. The van der Waals surface area contributed by atoms with E-state index in [1.807, 2.05) is 18.2 Å². The molecule has 1 aromatic carbocycles. The summed E-state index contributed by atoms with van der Waals surface area (Å²) in [6, 6.07) is 8.43. The summed E-state index contributed by atoms with van der Waals surface area (Å²) in [6.45, 7) is 7.16. The highest BCUT2D eigenvalue weighted by atomic mass is 16.2. The first kappa shape index (κ1) is 15.0. The number of aryl methyl sites for hydroxylation is 1. The highest BCUT2D eigenvalue weighted by molar-refractivity contribution is 5.96. The van der Waals surface area contributed by atoms with E-state index in [-0.39, 0.29) is 5.91 Å². The van der Waals surface area contributed by atoms with E-state index in [0.29, 0.717) is 6.04 Å². The molecular weight excluding hydrogens is 248 g/mol. The van der Waals surface area contributed by atoms with Crippen LogP contribution in [0, 0.1) is 0 Å². The fourth-order valence-electron chi connectivity index (χ4n) is 3.00. The lowest BCUT2D eigenvalue weighted by Crippen LogP contribution is -2.46. The van der Waals surface area contributed by atoms with Crippen molar-refractivity contribution in [2.24, 2.45) is 0 Å². The van der Waals surface area contributed by atoms with Crippen LogP contribution in [0.25, 0.3) is 0 Å². The summed E-state index contributed by atoms with van der Waals surface area (Å²) < 4.78 is 0. The maximum atomic E-state index is 12.9. The highest BCUT2D eigenvalue weighted by Crippen LogP contribution is 2.19. The van der Waals surface area contributed by atoms with Crippen LogP contribution in [0.1, 0.15) is 49.0 Å². The van der Waals surface area contributed by atoms with Gasteiger partial charge in [-0.1, -0.05) is 32.0 Å². The zero-order valence-electron chi connectivity index (χ0n) is 12.7. The number of carbonyl (C=O) groups is 1. The molecule has 1 N–H and O–H groups in total. The molecule has 0 saturated carbocycles. The zero-order chi connectivity index (χ0) is 14.4. The Bertz CT molecular complexity index is 438. The zero-order valence-corrected chi connectivity index (χ0v) is 12.7. The van der Waals surface area contributed by atoms with Crippen molar-refractivity contribution in [1.29, 1.82) is 0 Å². The van der Waals surface area contributed by atoms with Gasteiger partial charge in [-0.15, -0.1) is 0 Å². The van der Waals surface area contributed by atoms with Crippen LogP contribution >= 0.6 is 0 Å². The molecule has 0 aromatic heterocycles. The van der Waals surface area contributed by atoms with Crippen molar-refractivity contribution in [2.75, 3.05) is 19.6 Å². The predicted molar refractivity (Wildman–Crippen MR) is 83.0 cm³/mol. The number of hydrogen-bond acceptors (Lipinski definition) is 2. The minimum Gasteiger partial charge on any atom is -0.336 e. The van der Waals surface area contributed by atoms with E-state index < -0.39 is 0 Å². The molecule has 0 spiro atoms. The van der Waals surface area contributed by atoms with E-state index >= 15 is 0 Å². The van der Waals surface area contributed by atoms with Crippen molar-refractivity contribution in [3.63, 3.8) is 0 Å². The smallest absolute Gasteiger partial charge is 0.254 e. The van der Waals surface area contributed by atoms with Crippen LogP contribution in [0.5, 0.6) is 0 Å². The Hall–Kier alpha value is -1.35. The second-order valence-corrected chi connectivity index (χ2v) is 5.49. The molecule has 1 aromatic rings. The number of amides is 1. The molecule has 20 heavy (non-hydrogen) atoms. The van der Waals surface area contributed by atoms with Crippen molar-refractivity contribution in [1.82, 2.24) is 10.2 Å². The Labute approximate surface area is 122 Å². The minimum absolute atomic E-state index is 0.219. The van der Waals surface area contributed by atoms with Crippen LogP contribution in [0.2, 0.25) is 0 Å². The van der Waals surface area contributed by atoms with Crippen molar-refractivity contribution >= 4 is 5.91 Å². The molecule has 0 radical (unpaired) electrons. The van der Waals surface area contributed by atoms with Gasteiger partial charge in [0.2, 0.25) is 0 Å². The van der Waals surface area contributed by atoms with E-state index in [9.17, 15) is 4.79 Å². The van der Waals surface area contributed by atoms with Gasteiger partial charge in [0, 0.05) is 18.2 Å². The molecule has 2 rings (SSSR count). The van der Waals surface area contributed by atoms with E-state index in [1.54, 1.807) is 0 Å². The number of nitrogens with one attached hydrogen (secondary N) is 1. The van der Waals surface area contributed by atoms with Gasteiger partial charge >= 0.3 is 0 Å². The SMILES string of the molecule is CCCN(C(=O)c1ccccc1CC)C1CCNCC1. The topological polar surface area (TPSA) is 32.3 Å². The molecule has 1 saturated heterocycles. The molecule has 3 heteroatoms. The molecule has 0 bridgehead atoms. The Morgan fingerprint density at radius 1 is 1.25 bits per heavy atom. The van der Waals surface area contributed by atoms with Gasteiger partial charge in [-0.3, -0.25) is 4.79 Å². The molecule has 110 valence electrons. The molecule has 1 aliphatic heterocycles. The summed E-state index contributed by atoms with van der Waals surface area (Å²) in [5, 5.41) is 3.37. The van der Waals surface area contributed by atoms with Crippen molar-refractivity contribution in [2.45, 2.75) is 45.6 Å². The summed E-state index contributed by atoms with van der Waals surface area (Å²) in [4.78, 5) is 15.0. The summed E-state index contributed by atoms with van der Waals surface area (Å²) in [5.41, 5.74) is 2.05. The third kappa shape index (κ3) is 3.40. The Balaban J connectivity index is 2.21. The standard InChI is InChI=1S/C17H26N2O/c1-3-13-19(15-9-11-18-12-10-15)17(20)16-8-6-5-7-14(16)4-2/h5-8,15,18H,3-4,9-13H2,1-2H3. The predicted octanol–water partition coefficient (Wildman–Crippen LogP) is 2.85. The average molecular weight is 274 g/mol. The van der Waals surface area contributed by atoms with Gasteiger partial charge in [-0.25, -0.2) is 0 Å². The van der Waals surface area contributed by atoms with Gasteiger partial charge in [0.25, 0.3) is 5.91 Å². The lowest BCUT2D eigenvalue weighted by atomic mass is 10.00. The number of nitrogens with zero attached hydrogens (tertiary/aromatic N) is 1. The molecule has 0 aliphatic carbocycles. The summed E-state index contributed by atoms with van der Waals surface area (Å²) in [6.07, 6.45) is 4.07. The van der Waals surface area contributed by atoms with Gasteiger partial charge in [-0.2, -0.15) is 0 Å². The number of rotatable bonds is 5. The fourth-order valence-corrected chi connectivity index (χ4v) is 3.00. The lowest BCUT2D eigenvalue weighted by Gasteiger charge is -2.35. The average Bonchev–Trinajstić information content (AvgIpc) is 2.52. The van der Waals surface area contributed by atoms with E-state index in [4.69, 9.17) is 0 Å². The molecule has 1 amide bonds. The molecule has 1 heterocycles. The van der Waals surface area contributed by atoms with E-state index in [1.165, 1.54) is 0 Å². The minimum atomic E-state index is 0.219. The molecule has 3 nitrogen and oxygen atoms in total. The lowest BCUT2D eigenvalue weighted by molar-refractivity contribution is 0.0641. The van der Waals surface area contributed by atoms with Crippen molar-refractivity contribution in [3.05, 3.63) is 35.4 Å². The summed E-state index contributed by atoms with van der Waals surface area (Å²) in [7, 11) is 0. The maximum Gasteiger partial charge on any atom is 0.254 e. The summed E-state index contributed by atoms with van der Waals surface area (Å²) in [5.74, 6) is 0.219. The number of benzene rings is 1. The van der Waals surface area contributed by atoms with Crippen molar-refractivity contribution in [3.8, 4) is 0 Å². The number of hydrogen-bond donors (Lipinski definition) is 1. The van der Waals surface area contributed by atoms with Crippen LogP contribution < -0.4 is 5.32 Å². The Morgan fingerprint density at radius 3 is 2.60 bits per heavy atom. The molecule has 1 aliphatic rings. The van der Waals surface area contributed by atoms with E-state index in [2.05, 4.69) is 30.1 Å². The van der Waals surface area contributed by atoms with Gasteiger partial charge in [0.15, 0.2) is 0 Å². The van der Waals surface area contributed by atoms with E-state index in [0.717, 1.165) is 56.4 Å². The first-order valence-electron chi connectivity index (χ1n) is 7.87. The highest BCUT2D eigenvalue weighted by Gasteiger charge is 2.26. The normalized spacial score (nSPS) is 16.1. The van der Waals surface area contributed by atoms with Gasteiger partial charge in [-0.05, 0) is 50.4 Å². The molecule has 0 unspecified atom stereocenters. The molecular formula is C17H26N2O. The first-order valence-corrected chi connectivity index (χ1v) is 7.87. The molecule has 0 atom stereocenters. The second kappa shape index (κ2) is 7.44. The van der Waals surface area contributed by atoms with Crippen LogP contribution in [0.15, 0.2) is 24.3 Å². The summed E-state index contributed by atoms with van der Waals surface area (Å²) >= 11 is 0. The largest absolute Gasteiger partial charge is 0.336 e. The van der Waals surface area contributed by atoms with Gasteiger partial charge in [0.1, 0.15) is 0 Å². The third-order valence-electron chi connectivity index (χ3n) is 4.10.